The predicted molar refractivity (Wildman–Crippen MR) is 54.5 cm³/mol. The maximum absolute atomic E-state index is 13.0. The van der Waals surface area contributed by atoms with Gasteiger partial charge in [-0.15, -0.1) is 0 Å². The summed E-state index contributed by atoms with van der Waals surface area (Å²) < 4.78 is 31.1. The average Bonchev–Trinajstić information content (AvgIpc) is 2.08. The summed E-state index contributed by atoms with van der Waals surface area (Å²) in [6, 6.07) is 2.33. The van der Waals surface area contributed by atoms with Gasteiger partial charge in [-0.2, -0.15) is 4.39 Å². The monoisotopic (exact) mass is 282 g/mol. The molecule has 0 saturated carbocycles. The summed E-state index contributed by atoms with van der Waals surface area (Å²) in [4.78, 5) is 0. The Kier molecular flexibility index (Phi) is 3.89. The van der Waals surface area contributed by atoms with E-state index < -0.39 is 11.6 Å². The van der Waals surface area contributed by atoms with E-state index in [9.17, 15) is 8.78 Å². The minimum Gasteiger partial charge on any atom is -0.485 e. The number of hydrogen-bond donors (Lipinski definition) is 0. The summed E-state index contributed by atoms with van der Waals surface area (Å²) in [7, 11) is 0. The van der Waals surface area contributed by atoms with Gasteiger partial charge in [0.15, 0.2) is 11.6 Å². The van der Waals surface area contributed by atoms with Crippen LogP contribution in [0.25, 0.3) is 0 Å². The highest BCUT2D eigenvalue weighted by molar-refractivity contribution is 9.10. The molecule has 1 aromatic rings. The molecule has 0 N–H and O–H groups in total. The molecular formula is C9H6BrClF2O. The summed E-state index contributed by atoms with van der Waals surface area (Å²) in [5, 5.41) is 0.213. The zero-order valence-corrected chi connectivity index (χ0v) is 9.33. The minimum atomic E-state index is -1.04. The van der Waals surface area contributed by atoms with Gasteiger partial charge in [0.2, 0.25) is 5.82 Å². The minimum absolute atomic E-state index is 0.0611. The molecule has 0 aliphatic carbocycles. The van der Waals surface area contributed by atoms with Crippen LogP contribution < -0.4 is 4.74 Å². The number of benzene rings is 1. The van der Waals surface area contributed by atoms with Crippen LogP contribution in [0.2, 0.25) is 0 Å². The Bertz CT molecular complexity index is 368. The molecule has 0 aromatic heterocycles. The van der Waals surface area contributed by atoms with Gasteiger partial charge in [-0.1, -0.05) is 34.1 Å². The largest absolute Gasteiger partial charge is 0.485 e. The molecule has 0 atom stereocenters. The first-order valence-electron chi connectivity index (χ1n) is 3.61. The van der Waals surface area contributed by atoms with Crippen molar-refractivity contribution in [1.82, 2.24) is 0 Å². The Labute approximate surface area is 93.5 Å². The van der Waals surface area contributed by atoms with Crippen LogP contribution in [0.5, 0.6) is 5.75 Å². The van der Waals surface area contributed by atoms with Gasteiger partial charge in [-0.3, -0.25) is 0 Å². The number of ether oxygens (including phenoxy) is 1. The van der Waals surface area contributed by atoms with Gasteiger partial charge in [0, 0.05) is 9.51 Å². The highest BCUT2D eigenvalue weighted by Gasteiger charge is 2.11. The molecule has 0 aliphatic rings. The van der Waals surface area contributed by atoms with Crippen molar-refractivity contribution in [1.29, 1.82) is 0 Å². The SMILES string of the molecule is C=C(Cl)COc1cc(Br)cc(F)c1F. The molecule has 0 spiro atoms. The van der Waals surface area contributed by atoms with Gasteiger partial charge < -0.3 is 4.74 Å². The molecule has 5 heteroatoms. The van der Waals surface area contributed by atoms with Crippen LogP contribution in [0, 0.1) is 11.6 Å². The normalized spacial score (nSPS) is 10.0. The molecule has 76 valence electrons. The van der Waals surface area contributed by atoms with Crippen LogP contribution in [0.3, 0.4) is 0 Å². The van der Waals surface area contributed by atoms with Gasteiger partial charge in [0.25, 0.3) is 0 Å². The third-order valence-corrected chi connectivity index (χ3v) is 1.91. The van der Waals surface area contributed by atoms with Gasteiger partial charge in [0.1, 0.15) is 6.61 Å². The standard InChI is InChI=1S/C9H6BrClF2O/c1-5(11)4-14-8-3-6(10)2-7(12)9(8)13/h2-3H,1,4H2. The maximum atomic E-state index is 13.0. The topological polar surface area (TPSA) is 9.23 Å². The number of rotatable bonds is 3. The first kappa shape index (κ1) is 11.5. The van der Waals surface area contributed by atoms with Crippen LogP contribution in [-0.2, 0) is 0 Å². The van der Waals surface area contributed by atoms with E-state index in [1.54, 1.807) is 0 Å². The molecule has 0 bridgehead atoms. The van der Waals surface area contributed by atoms with Crippen molar-refractivity contribution < 1.29 is 13.5 Å². The zero-order valence-electron chi connectivity index (χ0n) is 6.99. The van der Waals surface area contributed by atoms with Crippen molar-refractivity contribution in [3.05, 3.63) is 39.9 Å². The van der Waals surface area contributed by atoms with Crippen LogP contribution in [0.15, 0.2) is 28.2 Å². The molecule has 0 fully saturated rings. The first-order chi connectivity index (χ1) is 6.50. The van der Waals surface area contributed by atoms with Crippen molar-refractivity contribution in [2.45, 2.75) is 0 Å². The van der Waals surface area contributed by atoms with Crippen molar-refractivity contribution in [2.24, 2.45) is 0 Å². The molecule has 1 rings (SSSR count). The number of hydrogen-bond acceptors (Lipinski definition) is 1. The van der Waals surface area contributed by atoms with E-state index in [0.717, 1.165) is 6.07 Å². The third-order valence-electron chi connectivity index (χ3n) is 1.34. The van der Waals surface area contributed by atoms with Crippen molar-refractivity contribution in [3.63, 3.8) is 0 Å². The Morgan fingerprint density at radius 2 is 2.14 bits per heavy atom. The van der Waals surface area contributed by atoms with E-state index in [1.165, 1.54) is 6.07 Å². The fourth-order valence-electron chi connectivity index (χ4n) is 0.793. The molecule has 0 aliphatic heterocycles. The quantitative estimate of drug-likeness (QED) is 0.766. The molecule has 0 radical (unpaired) electrons. The zero-order chi connectivity index (χ0) is 10.7. The van der Waals surface area contributed by atoms with Crippen LogP contribution in [0.1, 0.15) is 0 Å². The van der Waals surface area contributed by atoms with Gasteiger partial charge in [-0.25, -0.2) is 4.39 Å². The molecule has 14 heavy (non-hydrogen) atoms. The Hall–Kier alpha value is -0.610. The molecule has 1 aromatic carbocycles. The average molecular weight is 283 g/mol. The van der Waals surface area contributed by atoms with Gasteiger partial charge >= 0.3 is 0 Å². The fourth-order valence-corrected chi connectivity index (χ4v) is 1.26. The summed E-state index contributed by atoms with van der Waals surface area (Å²) in [5.74, 6) is -2.21. The van der Waals surface area contributed by atoms with Crippen LogP contribution in [-0.4, -0.2) is 6.61 Å². The number of halogens is 4. The smallest absolute Gasteiger partial charge is 0.200 e. The molecule has 0 unspecified atom stereocenters. The molecular weight excluding hydrogens is 277 g/mol. The van der Waals surface area contributed by atoms with Crippen molar-refractivity contribution in [2.75, 3.05) is 6.61 Å². The Morgan fingerprint density at radius 1 is 1.50 bits per heavy atom. The Morgan fingerprint density at radius 3 is 2.71 bits per heavy atom. The second-order valence-corrected chi connectivity index (χ2v) is 3.96. The molecule has 1 nitrogen and oxygen atoms in total. The molecule has 0 heterocycles. The van der Waals surface area contributed by atoms with Gasteiger partial charge in [0.05, 0.1) is 0 Å². The van der Waals surface area contributed by atoms with E-state index >= 15 is 0 Å². The third kappa shape index (κ3) is 2.96. The van der Waals surface area contributed by atoms with Crippen molar-refractivity contribution >= 4 is 27.5 Å². The molecule has 0 saturated heterocycles. The summed E-state index contributed by atoms with van der Waals surface area (Å²) in [6.07, 6.45) is 0. The fraction of sp³-hybridized carbons (Fsp3) is 0.111. The van der Waals surface area contributed by atoms with Crippen molar-refractivity contribution in [3.8, 4) is 5.75 Å². The predicted octanol–water partition coefficient (Wildman–Crippen LogP) is 3.86. The second-order valence-electron chi connectivity index (χ2n) is 2.51. The summed E-state index contributed by atoms with van der Waals surface area (Å²) >= 11 is 8.42. The van der Waals surface area contributed by atoms with E-state index in [0.29, 0.717) is 4.47 Å². The summed E-state index contributed by atoms with van der Waals surface area (Å²) in [6.45, 7) is 3.30. The maximum Gasteiger partial charge on any atom is 0.200 e. The summed E-state index contributed by atoms with van der Waals surface area (Å²) in [5.41, 5.74) is 0. The van der Waals surface area contributed by atoms with Gasteiger partial charge in [-0.05, 0) is 12.1 Å². The lowest BCUT2D eigenvalue weighted by Gasteiger charge is -2.06. The first-order valence-corrected chi connectivity index (χ1v) is 4.78. The van der Waals surface area contributed by atoms with E-state index in [-0.39, 0.29) is 17.4 Å². The second kappa shape index (κ2) is 4.75. The van der Waals surface area contributed by atoms with Crippen LogP contribution >= 0.6 is 27.5 Å². The van der Waals surface area contributed by atoms with Crippen LogP contribution in [0.4, 0.5) is 8.78 Å². The Balaban J connectivity index is 2.90. The lowest BCUT2D eigenvalue weighted by Crippen LogP contribution is -2.00. The lowest BCUT2D eigenvalue weighted by molar-refractivity contribution is 0.329. The van der Waals surface area contributed by atoms with E-state index in [2.05, 4.69) is 22.5 Å². The van der Waals surface area contributed by atoms with E-state index in [4.69, 9.17) is 16.3 Å². The lowest BCUT2D eigenvalue weighted by atomic mass is 10.3. The highest BCUT2D eigenvalue weighted by Crippen LogP contribution is 2.25. The highest BCUT2D eigenvalue weighted by atomic mass is 79.9. The van der Waals surface area contributed by atoms with E-state index in [1.807, 2.05) is 0 Å². The molecule has 0 amide bonds.